The summed E-state index contributed by atoms with van der Waals surface area (Å²) in [6.45, 7) is 3.03. The summed E-state index contributed by atoms with van der Waals surface area (Å²) in [7, 11) is 0. The topological polar surface area (TPSA) is 102 Å². The van der Waals surface area contributed by atoms with E-state index in [4.69, 9.17) is 13.9 Å². The Morgan fingerprint density at radius 3 is 2.38 bits per heavy atom. The van der Waals surface area contributed by atoms with Gasteiger partial charge in [-0.05, 0) is 67.6 Å². The van der Waals surface area contributed by atoms with E-state index in [1.807, 2.05) is 67.6 Å². The highest BCUT2D eigenvalue weighted by Gasteiger charge is 2.36. The molecular weight excluding hydrogens is 508 g/mol. The lowest BCUT2D eigenvalue weighted by atomic mass is 9.81. The van der Waals surface area contributed by atoms with E-state index in [-0.39, 0.29) is 5.92 Å². The molecule has 206 valence electrons. The van der Waals surface area contributed by atoms with Gasteiger partial charge in [0, 0.05) is 25.1 Å². The first-order valence-corrected chi connectivity index (χ1v) is 13.4. The van der Waals surface area contributed by atoms with Gasteiger partial charge in [0.25, 0.3) is 0 Å². The van der Waals surface area contributed by atoms with Crippen molar-refractivity contribution in [1.29, 1.82) is 0 Å². The van der Waals surface area contributed by atoms with Gasteiger partial charge in [-0.1, -0.05) is 48.5 Å². The SMILES string of the molecule is Cc1oc(-c2ccccc2)nc1CCOc1ccc(CC2CN(C(=O)Oc3ccccc3)CCC2C(=O)O)cc1. The van der Waals surface area contributed by atoms with E-state index in [1.54, 1.807) is 29.2 Å². The lowest BCUT2D eigenvalue weighted by Crippen LogP contribution is -2.47. The van der Waals surface area contributed by atoms with E-state index in [1.165, 1.54) is 0 Å². The molecule has 0 bridgehead atoms. The number of oxazole rings is 1. The number of carbonyl (C=O) groups excluding carboxylic acids is 1. The Labute approximate surface area is 233 Å². The van der Waals surface area contributed by atoms with Crippen LogP contribution in [0.1, 0.15) is 23.4 Å². The smallest absolute Gasteiger partial charge is 0.415 e. The van der Waals surface area contributed by atoms with E-state index >= 15 is 0 Å². The molecule has 2 unspecified atom stereocenters. The zero-order chi connectivity index (χ0) is 27.9. The molecule has 40 heavy (non-hydrogen) atoms. The number of carboxylic acids is 1. The zero-order valence-corrected chi connectivity index (χ0v) is 22.4. The fourth-order valence-corrected chi connectivity index (χ4v) is 5.04. The molecule has 5 rings (SSSR count). The number of rotatable bonds is 9. The number of hydrogen-bond acceptors (Lipinski definition) is 6. The molecule has 2 atom stereocenters. The van der Waals surface area contributed by atoms with Gasteiger partial charge in [0.1, 0.15) is 17.3 Å². The highest BCUT2D eigenvalue weighted by atomic mass is 16.6. The molecule has 1 aliphatic heterocycles. The maximum absolute atomic E-state index is 12.7. The highest BCUT2D eigenvalue weighted by Crippen LogP contribution is 2.29. The minimum absolute atomic E-state index is 0.227. The molecular formula is C32H32N2O6. The van der Waals surface area contributed by atoms with Crippen molar-refractivity contribution < 1.29 is 28.6 Å². The minimum Gasteiger partial charge on any atom is -0.493 e. The average molecular weight is 541 g/mol. The monoisotopic (exact) mass is 540 g/mol. The van der Waals surface area contributed by atoms with Crippen molar-refractivity contribution in [3.63, 3.8) is 0 Å². The number of para-hydroxylation sites is 1. The fraction of sp³-hybridized carbons (Fsp3) is 0.281. The van der Waals surface area contributed by atoms with Crippen molar-refractivity contribution in [2.45, 2.75) is 26.2 Å². The summed E-state index contributed by atoms with van der Waals surface area (Å²) in [5.41, 5.74) is 2.79. The van der Waals surface area contributed by atoms with Crippen molar-refractivity contribution in [3.8, 4) is 23.0 Å². The Morgan fingerprint density at radius 1 is 0.975 bits per heavy atom. The first kappa shape index (κ1) is 27.0. The second-order valence-corrected chi connectivity index (χ2v) is 9.95. The zero-order valence-electron chi connectivity index (χ0n) is 22.4. The molecule has 1 saturated heterocycles. The van der Waals surface area contributed by atoms with Crippen LogP contribution in [0, 0.1) is 18.8 Å². The summed E-state index contributed by atoms with van der Waals surface area (Å²) in [4.78, 5) is 30.9. The molecule has 1 aromatic heterocycles. The summed E-state index contributed by atoms with van der Waals surface area (Å²) in [6, 6.07) is 26.4. The number of aliphatic carboxylic acids is 1. The Morgan fingerprint density at radius 2 is 1.68 bits per heavy atom. The normalized spacial score (nSPS) is 16.9. The number of carboxylic acid groups (broad SMARTS) is 1. The van der Waals surface area contributed by atoms with Gasteiger partial charge in [0.15, 0.2) is 0 Å². The largest absolute Gasteiger partial charge is 0.493 e. The van der Waals surface area contributed by atoms with Crippen molar-refractivity contribution >= 4 is 12.1 Å². The summed E-state index contributed by atoms with van der Waals surface area (Å²) in [5.74, 6) is 0.986. The van der Waals surface area contributed by atoms with Gasteiger partial charge < -0.3 is 23.9 Å². The third-order valence-electron chi connectivity index (χ3n) is 7.20. The van der Waals surface area contributed by atoms with Crippen LogP contribution in [0.5, 0.6) is 11.5 Å². The van der Waals surface area contributed by atoms with Crippen molar-refractivity contribution in [1.82, 2.24) is 9.88 Å². The Bertz CT molecular complexity index is 1420. The maximum Gasteiger partial charge on any atom is 0.415 e. The quantitative estimate of drug-likeness (QED) is 0.276. The molecule has 1 fully saturated rings. The molecule has 0 aliphatic carbocycles. The first-order valence-electron chi connectivity index (χ1n) is 13.4. The van der Waals surface area contributed by atoms with E-state index in [2.05, 4.69) is 4.98 Å². The van der Waals surface area contributed by atoms with Gasteiger partial charge in [-0.3, -0.25) is 4.79 Å². The number of nitrogens with zero attached hydrogens (tertiary/aromatic N) is 2. The van der Waals surface area contributed by atoms with Gasteiger partial charge in [-0.15, -0.1) is 0 Å². The molecule has 1 aliphatic rings. The number of benzene rings is 3. The second-order valence-electron chi connectivity index (χ2n) is 9.95. The molecule has 0 spiro atoms. The molecule has 1 N–H and O–H groups in total. The minimum atomic E-state index is -0.834. The third-order valence-corrected chi connectivity index (χ3v) is 7.20. The molecule has 8 heteroatoms. The van der Waals surface area contributed by atoms with Crippen LogP contribution in [-0.2, 0) is 17.6 Å². The summed E-state index contributed by atoms with van der Waals surface area (Å²) in [6.07, 6.45) is 1.08. The van der Waals surface area contributed by atoms with Crippen LogP contribution >= 0.6 is 0 Å². The first-order chi connectivity index (χ1) is 19.5. The van der Waals surface area contributed by atoms with Gasteiger partial charge in [0.2, 0.25) is 5.89 Å². The number of likely N-dealkylation sites (tertiary alicyclic amines) is 1. The lowest BCUT2D eigenvalue weighted by molar-refractivity contribution is -0.145. The molecule has 2 heterocycles. The standard InChI is InChI=1S/C32H32N2O6/c1-22-29(33-30(39-22)24-8-4-2-5-9-24)17-19-38-26-14-12-23(13-15-26)20-25-21-34(18-16-28(25)31(35)36)32(37)40-27-10-6-3-7-11-27/h2-15,25,28H,16-21H2,1H3,(H,35,36). The van der Waals surface area contributed by atoms with E-state index in [0.717, 1.165) is 28.3 Å². The fourth-order valence-electron chi connectivity index (χ4n) is 5.04. The molecule has 1 amide bonds. The van der Waals surface area contributed by atoms with Crippen molar-refractivity contribution in [2.75, 3.05) is 19.7 Å². The molecule has 3 aromatic carbocycles. The van der Waals surface area contributed by atoms with Crippen LogP contribution in [-0.4, -0.2) is 46.7 Å². The predicted molar refractivity (Wildman–Crippen MR) is 149 cm³/mol. The number of aromatic nitrogens is 1. The van der Waals surface area contributed by atoms with Gasteiger partial charge in [0.05, 0.1) is 18.2 Å². The van der Waals surface area contributed by atoms with Crippen LogP contribution in [0.25, 0.3) is 11.5 Å². The number of hydrogen-bond donors (Lipinski definition) is 1. The average Bonchev–Trinajstić information content (AvgIpc) is 3.35. The van der Waals surface area contributed by atoms with Crippen molar-refractivity contribution in [3.05, 3.63) is 102 Å². The van der Waals surface area contributed by atoms with Crippen molar-refractivity contribution in [2.24, 2.45) is 11.8 Å². The van der Waals surface area contributed by atoms with Gasteiger partial charge in [-0.25, -0.2) is 9.78 Å². The van der Waals surface area contributed by atoms with Gasteiger partial charge in [-0.2, -0.15) is 0 Å². The lowest BCUT2D eigenvalue weighted by Gasteiger charge is -2.36. The molecule has 0 radical (unpaired) electrons. The van der Waals surface area contributed by atoms with Crippen LogP contribution in [0.15, 0.2) is 89.3 Å². The molecule has 4 aromatic rings. The number of ether oxygens (including phenoxy) is 2. The summed E-state index contributed by atoms with van der Waals surface area (Å²) < 4.78 is 17.2. The Kier molecular flexibility index (Phi) is 8.44. The Hall–Kier alpha value is -4.59. The third kappa shape index (κ3) is 6.69. The number of aryl methyl sites for hydroxylation is 1. The van der Waals surface area contributed by atoms with E-state index in [9.17, 15) is 14.7 Å². The number of amides is 1. The van der Waals surface area contributed by atoms with Crippen LogP contribution in [0.4, 0.5) is 4.79 Å². The van der Waals surface area contributed by atoms with E-state index < -0.39 is 18.0 Å². The highest BCUT2D eigenvalue weighted by molar-refractivity contribution is 5.73. The summed E-state index contributed by atoms with van der Waals surface area (Å²) >= 11 is 0. The van der Waals surface area contributed by atoms with E-state index in [0.29, 0.717) is 50.6 Å². The second kappa shape index (κ2) is 12.5. The number of piperidine rings is 1. The summed E-state index contributed by atoms with van der Waals surface area (Å²) in [5, 5.41) is 9.80. The number of carbonyl (C=O) groups is 2. The molecule has 8 nitrogen and oxygen atoms in total. The maximum atomic E-state index is 12.7. The Balaban J connectivity index is 1.15. The van der Waals surface area contributed by atoms with Gasteiger partial charge >= 0.3 is 12.1 Å². The van der Waals surface area contributed by atoms with Crippen LogP contribution in [0.3, 0.4) is 0 Å². The predicted octanol–water partition coefficient (Wildman–Crippen LogP) is 6.04. The van der Waals surface area contributed by atoms with Crippen LogP contribution < -0.4 is 9.47 Å². The van der Waals surface area contributed by atoms with Crippen LogP contribution in [0.2, 0.25) is 0 Å². The molecule has 0 saturated carbocycles.